The van der Waals surface area contributed by atoms with Gasteiger partial charge in [0, 0.05) is 12.3 Å². The van der Waals surface area contributed by atoms with Crippen LogP contribution in [0, 0.1) is 5.92 Å². The zero-order valence-electron chi connectivity index (χ0n) is 11.6. The highest BCUT2D eigenvalue weighted by atomic mass is 19.4. The number of nitrogens with one attached hydrogen (secondary N) is 1. The van der Waals surface area contributed by atoms with E-state index in [4.69, 9.17) is 5.11 Å². The van der Waals surface area contributed by atoms with E-state index < -0.39 is 35.6 Å². The van der Waals surface area contributed by atoms with Crippen molar-refractivity contribution < 1.29 is 27.9 Å². The summed E-state index contributed by atoms with van der Waals surface area (Å²) >= 11 is 0. The fourth-order valence-electron chi connectivity index (χ4n) is 1.65. The first-order valence-electron chi connectivity index (χ1n) is 6.30. The van der Waals surface area contributed by atoms with Crippen LogP contribution >= 0.6 is 0 Å². The van der Waals surface area contributed by atoms with Gasteiger partial charge in [0.25, 0.3) is 0 Å². The first kappa shape index (κ1) is 17.0. The highest BCUT2D eigenvalue weighted by Crippen LogP contribution is 2.29. The van der Waals surface area contributed by atoms with Crippen molar-refractivity contribution >= 4 is 11.9 Å². The molecule has 2 N–H and O–H groups in total. The molecule has 0 spiro atoms. The largest absolute Gasteiger partial charge is 0.480 e. The van der Waals surface area contributed by atoms with E-state index in [-0.39, 0.29) is 12.0 Å². The van der Waals surface area contributed by atoms with Crippen LogP contribution in [-0.4, -0.2) is 23.0 Å². The maximum absolute atomic E-state index is 12.6. The molecule has 0 aliphatic carbocycles. The summed E-state index contributed by atoms with van der Waals surface area (Å²) in [7, 11) is 0. The third kappa shape index (κ3) is 5.09. The molecule has 7 heteroatoms. The van der Waals surface area contributed by atoms with Gasteiger partial charge in [0.05, 0.1) is 5.56 Å². The normalized spacial score (nSPS) is 13.0. The Morgan fingerprint density at radius 3 is 2.38 bits per heavy atom. The van der Waals surface area contributed by atoms with E-state index in [9.17, 15) is 22.8 Å². The topological polar surface area (TPSA) is 66.4 Å². The van der Waals surface area contributed by atoms with Crippen LogP contribution in [0.3, 0.4) is 0 Å². The number of carboxylic acids is 1. The third-order valence-corrected chi connectivity index (χ3v) is 2.83. The summed E-state index contributed by atoms with van der Waals surface area (Å²) < 4.78 is 37.8. The van der Waals surface area contributed by atoms with Crippen LogP contribution in [-0.2, 0) is 22.2 Å². The summed E-state index contributed by atoms with van der Waals surface area (Å²) in [5, 5.41) is 11.4. The van der Waals surface area contributed by atoms with Gasteiger partial charge in [-0.1, -0.05) is 32.0 Å². The van der Waals surface area contributed by atoms with E-state index in [1.807, 2.05) is 0 Å². The molecule has 0 aliphatic heterocycles. The van der Waals surface area contributed by atoms with E-state index in [1.165, 1.54) is 12.1 Å². The average molecular weight is 303 g/mol. The number of amides is 1. The summed E-state index contributed by atoms with van der Waals surface area (Å²) in [6, 6.07) is 3.14. The number of carbonyl (C=O) groups excluding carboxylic acids is 1. The Morgan fingerprint density at radius 1 is 1.29 bits per heavy atom. The van der Waals surface area contributed by atoms with E-state index in [2.05, 4.69) is 5.32 Å². The molecule has 1 aromatic carbocycles. The Labute approximate surface area is 120 Å². The van der Waals surface area contributed by atoms with Crippen molar-refractivity contribution in [3.63, 3.8) is 0 Å². The lowest BCUT2D eigenvalue weighted by Gasteiger charge is -2.17. The SMILES string of the molecule is CC(C)C(=O)N[C@@H](Cc1cccc(C(F)(F)F)c1)C(=O)O. The molecule has 0 saturated carbocycles. The number of aliphatic carboxylic acids is 1. The van der Waals surface area contributed by atoms with Crippen molar-refractivity contribution in [3.05, 3.63) is 35.4 Å². The minimum atomic E-state index is -4.49. The standard InChI is InChI=1S/C14H16F3NO3/c1-8(2)12(19)18-11(13(20)21)7-9-4-3-5-10(6-9)14(15,16)17/h3-6,8,11H,7H2,1-2H3,(H,18,19)(H,20,21)/t11-/m0/s1. The second kappa shape index (κ2) is 6.60. The maximum Gasteiger partial charge on any atom is 0.416 e. The zero-order valence-corrected chi connectivity index (χ0v) is 11.6. The van der Waals surface area contributed by atoms with Gasteiger partial charge in [-0.25, -0.2) is 4.79 Å². The number of alkyl halides is 3. The minimum Gasteiger partial charge on any atom is -0.480 e. The molecule has 116 valence electrons. The van der Waals surface area contributed by atoms with Crippen molar-refractivity contribution in [2.45, 2.75) is 32.5 Å². The lowest BCUT2D eigenvalue weighted by Crippen LogP contribution is -2.44. The molecule has 0 fully saturated rings. The number of hydrogen-bond donors (Lipinski definition) is 2. The smallest absolute Gasteiger partial charge is 0.416 e. The molecule has 1 rings (SSSR count). The molecular formula is C14H16F3NO3. The average Bonchev–Trinajstić information content (AvgIpc) is 2.36. The fourth-order valence-corrected chi connectivity index (χ4v) is 1.65. The maximum atomic E-state index is 12.6. The Morgan fingerprint density at radius 2 is 1.90 bits per heavy atom. The predicted octanol–water partition coefficient (Wildman–Crippen LogP) is 2.47. The molecule has 0 unspecified atom stereocenters. The van der Waals surface area contributed by atoms with Gasteiger partial charge in [0.2, 0.25) is 5.91 Å². The highest BCUT2D eigenvalue weighted by Gasteiger charge is 2.31. The van der Waals surface area contributed by atoms with Gasteiger partial charge in [0.15, 0.2) is 0 Å². The van der Waals surface area contributed by atoms with Crippen LogP contribution in [0.4, 0.5) is 13.2 Å². The molecule has 0 saturated heterocycles. The summed E-state index contributed by atoms with van der Waals surface area (Å²) in [5.74, 6) is -2.16. The van der Waals surface area contributed by atoms with Crippen molar-refractivity contribution in [2.24, 2.45) is 5.92 Å². The molecule has 0 aliphatic rings. The number of rotatable bonds is 5. The van der Waals surface area contributed by atoms with Gasteiger partial charge in [-0.2, -0.15) is 13.2 Å². The molecule has 0 heterocycles. The van der Waals surface area contributed by atoms with Gasteiger partial charge < -0.3 is 10.4 Å². The molecule has 1 atom stereocenters. The Kier molecular flexibility index (Phi) is 5.34. The Bertz CT molecular complexity index is 526. The second-order valence-electron chi connectivity index (χ2n) is 4.96. The monoisotopic (exact) mass is 303 g/mol. The van der Waals surface area contributed by atoms with Crippen molar-refractivity contribution in [1.82, 2.24) is 5.32 Å². The number of halogens is 3. The summed E-state index contributed by atoms with van der Waals surface area (Å²) in [6.45, 7) is 3.19. The van der Waals surface area contributed by atoms with Crippen LogP contribution in [0.25, 0.3) is 0 Å². The molecule has 0 aromatic heterocycles. The molecule has 4 nitrogen and oxygen atoms in total. The molecule has 1 aromatic rings. The zero-order chi connectivity index (χ0) is 16.2. The molecular weight excluding hydrogens is 287 g/mol. The van der Waals surface area contributed by atoms with Gasteiger partial charge in [-0.05, 0) is 11.6 Å². The minimum absolute atomic E-state index is 0.196. The van der Waals surface area contributed by atoms with E-state index in [1.54, 1.807) is 13.8 Å². The Balaban J connectivity index is 2.90. The molecule has 0 radical (unpaired) electrons. The highest BCUT2D eigenvalue weighted by molar-refractivity contribution is 5.84. The first-order valence-corrected chi connectivity index (χ1v) is 6.30. The predicted molar refractivity (Wildman–Crippen MR) is 69.6 cm³/mol. The summed E-state index contributed by atoms with van der Waals surface area (Å²) in [6.07, 6.45) is -4.70. The fraction of sp³-hybridized carbons (Fsp3) is 0.429. The first-order chi connectivity index (χ1) is 9.61. The van der Waals surface area contributed by atoms with Crippen LogP contribution in [0.1, 0.15) is 25.0 Å². The number of benzene rings is 1. The van der Waals surface area contributed by atoms with E-state index >= 15 is 0 Å². The van der Waals surface area contributed by atoms with Crippen molar-refractivity contribution in [3.8, 4) is 0 Å². The van der Waals surface area contributed by atoms with Crippen LogP contribution < -0.4 is 5.32 Å². The lowest BCUT2D eigenvalue weighted by molar-refractivity contribution is -0.142. The second-order valence-corrected chi connectivity index (χ2v) is 4.96. The van der Waals surface area contributed by atoms with Crippen molar-refractivity contribution in [1.29, 1.82) is 0 Å². The number of hydrogen-bond acceptors (Lipinski definition) is 2. The van der Waals surface area contributed by atoms with Gasteiger partial charge in [-0.15, -0.1) is 0 Å². The van der Waals surface area contributed by atoms with Gasteiger partial charge in [0.1, 0.15) is 6.04 Å². The molecule has 21 heavy (non-hydrogen) atoms. The number of carboxylic acid groups (broad SMARTS) is 1. The molecule has 1 amide bonds. The van der Waals surface area contributed by atoms with Crippen LogP contribution in [0.15, 0.2) is 24.3 Å². The molecule has 0 bridgehead atoms. The van der Waals surface area contributed by atoms with Crippen LogP contribution in [0.2, 0.25) is 0 Å². The van der Waals surface area contributed by atoms with Gasteiger partial charge >= 0.3 is 12.1 Å². The van der Waals surface area contributed by atoms with Gasteiger partial charge in [-0.3, -0.25) is 4.79 Å². The van der Waals surface area contributed by atoms with E-state index in [0.29, 0.717) is 0 Å². The lowest BCUT2D eigenvalue weighted by atomic mass is 10.0. The van der Waals surface area contributed by atoms with E-state index in [0.717, 1.165) is 12.1 Å². The summed E-state index contributed by atoms with van der Waals surface area (Å²) in [5.41, 5.74) is -0.652. The number of carbonyl (C=O) groups is 2. The van der Waals surface area contributed by atoms with Crippen LogP contribution in [0.5, 0.6) is 0 Å². The third-order valence-electron chi connectivity index (χ3n) is 2.83. The quantitative estimate of drug-likeness (QED) is 0.878. The summed E-state index contributed by atoms with van der Waals surface area (Å²) in [4.78, 5) is 22.6. The van der Waals surface area contributed by atoms with Crippen molar-refractivity contribution in [2.75, 3.05) is 0 Å². The Hall–Kier alpha value is -2.05.